The SMILES string of the molecule is S=c1sc(I)c(I)s1. The Labute approximate surface area is 87.6 Å². The summed E-state index contributed by atoms with van der Waals surface area (Å²) in [6, 6.07) is 0. The van der Waals surface area contributed by atoms with E-state index in [1.165, 1.54) is 5.77 Å². The first-order chi connectivity index (χ1) is 3.70. The molecule has 1 rings (SSSR count). The quantitative estimate of drug-likeness (QED) is 0.484. The average molecular weight is 386 g/mol. The predicted molar refractivity (Wildman–Crippen MR) is 58.5 cm³/mol. The van der Waals surface area contributed by atoms with Crippen molar-refractivity contribution in [2.24, 2.45) is 0 Å². The second-order valence-corrected chi connectivity index (χ2v) is 7.85. The standard InChI is InChI=1S/C3I2S3/c4-1-2(5)8-3(6)7-1. The van der Waals surface area contributed by atoms with Gasteiger partial charge in [0.1, 0.15) is 3.14 Å². The Morgan fingerprint density at radius 1 is 1.12 bits per heavy atom. The van der Waals surface area contributed by atoms with Crippen molar-refractivity contribution < 1.29 is 0 Å². The lowest BCUT2D eigenvalue weighted by molar-refractivity contribution is 2.06. The van der Waals surface area contributed by atoms with Crippen LogP contribution in [0.1, 0.15) is 0 Å². The van der Waals surface area contributed by atoms with Crippen LogP contribution in [0.25, 0.3) is 0 Å². The van der Waals surface area contributed by atoms with Crippen molar-refractivity contribution in [3.63, 3.8) is 0 Å². The van der Waals surface area contributed by atoms with Crippen molar-refractivity contribution in [2.45, 2.75) is 0 Å². The molecule has 0 spiro atoms. The predicted octanol–water partition coefficient (Wildman–Crippen LogP) is 3.75. The molecule has 0 nitrogen and oxygen atoms in total. The second-order valence-electron chi connectivity index (χ2n) is 1.00. The van der Waals surface area contributed by atoms with Crippen LogP contribution in [0.5, 0.6) is 0 Å². The number of rotatable bonds is 0. The summed E-state index contributed by atoms with van der Waals surface area (Å²) in [7, 11) is 0. The molecular weight excluding hydrogens is 386 g/mol. The van der Waals surface area contributed by atoms with Crippen LogP contribution in [-0.4, -0.2) is 0 Å². The molecule has 0 atom stereocenters. The normalized spacial score (nSPS) is 9.75. The van der Waals surface area contributed by atoms with Gasteiger partial charge in [-0.25, -0.2) is 0 Å². The molecule has 0 aliphatic rings. The van der Waals surface area contributed by atoms with Crippen LogP contribution >= 0.6 is 80.1 Å². The van der Waals surface area contributed by atoms with Crippen LogP contribution < -0.4 is 0 Å². The maximum absolute atomic E-state index is 4.95. The lowest BCUT2D eigenvalue weighted by atomic mass is 11.2. The first-order valence-electron chi connectivity index (χ1n) is 1.65. The lowest BCUT2D eigenvalue weighted by Crippen LogP contribution is -1.54. The van der Waals surface area contributed by atoms with Gasteiger partial charge in [0.05, 0.1) is 5.77 Å². The molecule has 0 aromatic carbocycles. The molecular formula is C3I2S3. The second kappa shape index (κ2) is 3.22. The Morgan fingerprint density at radius 2 is 1.50 bits per heavy atom. The van der Waals surface area contributed by atoms with Gasteiger partial charge in [-0.05, 0) is 45.2 Å². The van der Waals surface area contributed by atoms with E-state index in [1.807, 2.05) is 0 Å². The van der Waals surface area contributed by atoms with Crippen molar-refractivity contribution in [1.29, 1.82) is 0 Å². The van der Waals surface area contributed by atoms with Crippen molar-refractivity contribution >= 4 is 80.1 Å². The van der Waals surface area contributed by atoms with E-state index < -0.39 is 0 Å². The third kappa shape index (κ3) is 1.86. The molecule has 5 heteroatoms. The highest BCUT2D eigenvalue weighted by Gasteiger charge is 1.96. The van der Waals surface area contributed by atoms with E-state index in [-0.39, 0.29) is 0 Å². The summed E-state index contributed by atoms with van der Waals surface area (Å²) in [4.78, 5) is 0. The summed E-state index contributed by atoms with van der Waals surface area (Å²) in [6.07, 6.45) is 0. The van der Waals surface area contributed by atoms with Gasteiger partial charge in [-0.2, -0.15) is 0 Å². The Hall–Kier alpha value is 1.73. The summed E-state index contributed by atoms with van der Waals surface area (Å²) >= 11 is 12.9. The Bertz CT molecular complexity index is 212. The fourth-order valence-electron chi connectivity index (χ4n) is 0.247. The van der Waals surface area contributed by atoms with Gasteiger partial charge in [-0.15, -0.1) is 22.7 Å². The molecule has 0 aliphatic heterocycles. The van der Waals surface area contributed by atoms with E-state index in [1.54, 1.807) is 22.7 Å². The highest BCUT2D eigenvalue weighted by Crippen LogP contribution is 2.27. The summed E-state index contributed by atoms with van der Waals surface area (Å²) in [5, 5.41) is 0. The fourth-order valence-corrected chi connectivity index (χ4v) is 5.89. The number of hydrogen-bond donors (Lipinski definition) is 0. The lowest BCUT2D eigenvalue weighted by Gasteiger charge is -1.73. The fraction of sp³-hybridized carbons (Fsp3) is 0. The summed E-state index contributed by atoms with van der Waals surface area (Å²) in [5.41, 5.74) is 0. The van der Waals surface area contributed by atoms with Crippen molar-refractivity contribution in [2.75, 3.05) is 0 Å². The van der Waals surface area contributed by atoms with Gasteiger partial charge < -0.3 is 0 Å². The smallest absolute Gasteiger partial charge is 0.105 e. The van der Waals surface area contributed by atoms with E-state index in [2.05, 4.69) is 45.2 Å². The highest BCUT2D eigenvalue weighted by atomic mass is 127. The third-order valence-corrected chi connectivity index (χ3v) is 6.89. The molecule has 8 heavy (non-hydrogen) atoms. The summed E-state index contributed by atoms with van der Waals surface area (Å²) in [5.74, 6) is 0. The molecule has 0 fully saturated rings. The minimum absolute atomic E-state index is 1.03. The first-order valence-corrected chi connectivity index (χ1v) is 5.85. The minimum Gasteiger partial charge on any atom is -0.105 e. The minimum atomic E-state index is 1.03. The van der Waals surface area contributed by atoms with E-state index in [4.69, 9.17) is 12.2 Å². The van der Waals surface area contributed by atoms with Crippen LogP contribution in [0.15, 0.2) is 0 Å². The topological polar surface area (TPSA) is 0 Å². The van der Waals surface area contributed by atoms with Gasteiger partial charge in [-0.1, -0.05) is 12.2 Å². The zero-order valence-corrected chi connectivity index (χ0v) is 10.2. The van der Waals surface area contributed by atoms with Crippen molar-refractivity contribution in [1.82, 2.24) is 0 Å². The van der Waals surface area contributed by atoms with Gasteiger partial charge in [-0.3, -0.25) is 0 Å². The molecule has 0 saturated heterocycles. The maximum atomic E-state index is 4.95. The molecule has 44 valence electrons. The summed E-state index contributed by atoms with van der Waals surface area (Å²) in [6.45, 7) is 0. The molecule has 0 aliphatic carbocycles. The zero-order chi connectivity index (χ0) is 6.15. The van der Waals surface area contributed by atoms with E-state index in [0.29, 0.717) is 0 Å². The van der Waals surface area contributed by atoms with E-state index in [9.17, 15) is 0 Å². The zero-order valence-electron chi connectivity index (χ0n) is 3.48. The molecule has 0 unspecified atom stereocenters. The Kier molecular flexibility index (Phi) is 3.15. The van der Waals surface area contributed by atoms with Gasteiger partial charge in [0.2, 0.25) is 0 Å². The molecule has 1 aromatic rings. The average Bonchev–Trinajstić information content (AvgIpc) is 1.85. The monoisotopic (exact) mass is 386 g/mol. The van der Waals surface area contributed by atoms with Gasteiger partial charge >= 0.3 is 0 Å². The van der Waals surface area contributed by atoms with Crippen LogP contribution in [0.2, 0.25) is 0 Å². The number of hydrogen-bond acceptors (Lipinski definition) is 3. The van der Waals surface area contributed by atoms with Gasteiger partial charge in [0.25, 0.3) is 0 Å². The molecule has 0 N–H and O–H groups in total. The molecule has 0 amide bonds. The molecule has 1 aromatic heterocycles. The van der Waals surface area contributed by atoms with Crippen LogP contribution in [0.3, 0.4) is 0 Å². The molecule has 1 heterocycles. The van der Waals surface area contributed by atoms with Crippen molar-refractivity contribution in [3.05, 3.63) is 8.91 Å². The van der Waals surface area contributed by atoms with Crippen LogP contribution in [0, 0.1) is 8.91 Å². The maximum Gasteiger partial charge on any atom is 0.145 e. The molecule has 0 radical (unpaired) electrons. The third-order valence-electron chi connectivity index (χ3n) is 0.500. The Balaban J connectivity index is 3.35. The van der Waals surface area contributed by atoms with Gasteiger partial charge in [0.15, 0.2) is 0 Å². The first kappa shape index (κ1) is 7.83. The van der Waals surface area contributed by atoms with E-state index in [0.717, 1.165) is 3.14 Å². The number of halogens is 2. The van der Waals surface area contributed by atoms with Gasteiger partial charge in [0, 0.05) is 0 Å². The molecule has 0 bridgehead atoms. The van der Waals surface area contributed by atoms with Crippen LogP contribution in [0.4, 0.5) is 0 Å². The largest absolute Gasteiger partial charge is 0.145 e. The Morgan fingerprint density at radius 3 is 1.62 bits per heavy atom. The van der Waals surface area contributed by atoms with Crippen molar-refractivity contribution in [3.8, 4) is 0 Å². The van der Waals surface area contributed by atoms with Crippen LogP contribution in [-0.2, 0) is 0 Å². The summed E-state index contributed by atoms with van der Waals surface area (Å²) < 4.78 is 3.66. The molecule has 0 saturated carbocycles. The van der Waals surface area contributed by atoms with E-state index >= 15 is 0 Å². The highest BCUT2D eigenvalue weighted by molar-refractivity contribution is 14.1.